The van der Waals surface area contributed by atoms with Gasteiger partial charge in [-0.15, -0.1) is 0 Å². The standard InChI is InChI=1S/C17H24N2O5S/c1-11-6-12(2)8-15(7-11)24-13(3)17(21)19-18-16(20)9-14-4-5-25(22,23)10-14/h6-8,13-14H,4-5,9-10H2,1-3H3,(H,18,20)(H,19,21)/t13-,14-/m1/s1. The van der Waals surface area contributed by atoms with Gasteiger partial charge in [-0.05, 0) is 56.4 Å². The summed E-state index contributed by atoms with van der Waals surface area (Å²) in [6.07, 6.45) is -0.227. The van der Waals surface area contributed by atoms with Gasteiger partial charge in [0.1, 0.15) is 5.75 Å². The van der Waals surface area contributed by atoms with Gasteiger partial charge in [-0.1, -0.05) is 6.07 Å². The van der Waals surface area contributed by atoms with E-state index in [1.807, 2.05) is 32.0 Å². The molecule has 2 amide bonds. The van der Waals surface area contributed by atoms with Crippen molar-refractivity contribution in [3.05, 3.63) is 29.3 Å². The van der Waals surface area contributed by atoms with E-state index in [1.54, 1.807) is 6.92 Å². The van der Waals surface area contributed by atoms with Crippen LogP contribution in [0.5, 0.6) is 5.75 Å². The molecule has 0 saturated carbocycles. The minimum absolute atomic E-state index is 0.0284. The average molecular weight is 368 g/mol. The van der Waals surface area contributed by atoms with Crippen molar-refractivity contribution in [1.82, 2.24) is 10.9 Å². The number of nitrogens with one attached hydrogen (secondary N) is 2. The summed E-state index contributed by atoms with van der Waals surface area (Å²) in [5.74, 6) is -0.340. The molecule has 1 fully saturated rings. The minimum Gasteiger partial charge on any atom is -0.481 e. The SMILES string of the molecule is Cc1cc(C)cc(O[C@H](C)C(=O)NNC(=O)C[C@H]2CCS(=O)(=O)C2)c1. The Hall–Kier alpha value is -2.09. The van der Waals surface area contributed by atoms with Gasteiger partial charge in [-0.2, -0.15) is 0 Å². The Kier molecular flexibility index (Phi) is 6.05. The number of benzene rings is 1. The second-order valence-electron chi connectivity index (χ2n) is 6.59. The van der Waals surface area contributed by atoms with E-state index in [1.165, 1.54) is 0 Å². The van der Waals surface area contributed by atoms with Crippen molar-refractivity contribution in [1.29, 1.82) is 0 Å². The van der Waals surface area contributed by atoms with Crippen molar-refractivity contribution in [3.63, 3.8) is 0 Å². The number of hydrogen-bond donors (Lipinski definition) is 2. The van der Waals surface area contributed by atoms with Crippen molar-refractivity contribution < 1.29 is 22.7 Å². The van der Waals surface area contributed by atoms with Crippen LogP contribution in [0, 0.1) is 19.8 Å². The van der Waals surface area contributed by atoms with Crippen LogP contribution in [0.25, 0.3) is 0 Å². The van der Waals surface area contributed by atoms with E-state index in [0.717, 1.165) is 11.1 Å². The number of ether oxygens (including phenoxy) is 1. The van der Waals surface area contributed by atoms with Gasteiger partial charge in [0.2, 0.25) is 5.91 Å². The quantitative estimate of drug-likeness (QED) is 0.756. The predicted molar refractivity (Wildman–Crippen MR) is 93.7 cm³/mol. The monoisotopic (exact) mass is 368 g/mol. The van der Waals surface area contributed by atoms with Gasteiger partial charge in [0.15, 0.2) is 15.9 Å². The molecule has 0 unspecified atom stereocenters. The molecule has 1 aliphatic heterocycles. The Morgan fingerprint density at radius 1 is 1.20 bits per heavy atom. The van der Waals surface area contributed by atoms with Crippen LogP contribution in [0.3, 0.4) is 0 Å². The van der Waals surface area contributed by atoms with E-state index >= 15 is 0 Å². The molecule has 0 aliphatic carbocycles. The van der Waals surface area contributed by atoms with Gasteiger partial charge >= 0.3 is 0 Å². The topological polar surface area (TPSA) is 102 Å². The summed E-state index contributed by atoms with van der Waals surface area (Å²) in [6.45, 7) is 5.46. The Balaban J connectivity index is 1.78. The summed E-state index contributed by atoms with van der Waals surface area (Å²) < 4.78 is 28.4. The third-order valence-corrected chi connectivity index (χ3v) is 5.84. The van der Waals surface area contributed by atoms with Gasteiger partial charge < -0.3 is 4.74 Å². The first-order chi connectivity index (χ1) is 11.6. The molecule has 0 spiro atoms. The third-order valence-electron chi connectivity index (χ3n) is 4.00. The van der Waals surface area contributed by atoms with Crippen LogP contribution in [-0.4, -0.2) is 37.8 Å². The van der Waals surface area contributed by atoms with E-state index in [0.29, 0.717) is 12.2 Å². The first-order valence-electron chi connectivity index (χ1n) is 8.19. The molecule has 0 aromatic heterocycles. The number of hydrazine groups is 1. The number of rotatable bonds is 5. The maximum atomic E-state index is 12.0. The van der Waals surface area contributed by atoms with E-state index in [9.17, 15) is 18.0 Å². The van der Waals surface area contributed by atoms with Gasteiger partial charge in [-0.25, -0.2) is 8.42 Å². The zero-order valence-corrected chi connectivity index (χ0v) is 15.5. The number of aryl methyl sites for hydroxylation is 2. The number of sulfone groups is 1. The van der Waals surface area contributed by atoms with Crippen molar-refractivity contribution in [2.24, 2.45) is 5.92 Å². The van der Waals surface area contributed by atoms with Crippen molar-refractivity contribution in [3.8, 4) is 5.75 Å². The van der Waals surface area contributed by atoms with Crippen molar-refractivity contribution >= 4 is 21.7 Å². The first kappa shape index (κ1) is 19.2. The van der Waals surface area contributed by atoms with Gasteiger partial charge in [0.25, 0.3) is 5.91 Å². The van der Waals surface area contributed by atoms with Gasteiger partial charge in [0.05, 0.1) is 11.5 Å². The molecule has 8 heteroatoms. The molecule has 1 heterocycles. The summed E-state index contributed by atoms with van der Waals surface area (Å²) in [7, 11) is -3.01. The van der Waals surface area contributed by atoms with E-state index in [4.69, 9.17) is 4.74 Å². The highest BCUT2D eigenvalue weighted by atomic mass is 32.2. The van der Waals surface area contributed by atoms with Crippen LogP contribution < -0.4 is 15.6 Å². The minimum atomic E-state index is -3.01. The fraction of sp³-hybridized carbons (Fsp3) is 0.529. The maximum Gasteiger partial charge on any atom is 0.279 e. The Bertz CT molecular complexity index is 740. The molecule has 138 valence electrons. The van der Waals surface area contributed by atoms with E-state index in [2.05, 4.69) is 10.9 Å². The molecule has 2 rings (SSSR count). The third kappa shape index (κ3) is 6.04. The second kappa shape index (κ2) is 7.86. The molecule has 1 aromatic rings. The number of hydrogen-bond acceptors (Lipinski definition) is 5. The van der Waals surface area contributed by atoms with E-state index < -0.39 is 27.8 Å². The molecule has 2 N–H and O–H groups in total. The molecule has 0 bridgehead atoms. The summed E-state index contributed by atoms with van der Waals surface area (Å²) >= 11 is 0. The largest absolute Gasteiger partial charge is 0.481 e. The number of carbonyl (C=O) groups is 2. The van der Waals surface area contributed by atoms with Gasteiger partial charge in [-0.3, -0.25) is 20.4 Å². The molecular weight excluding hydrogens is 344 g/mol. The fourth-order valence-corrected chi connectivity index (χ4v) is 4.70. The molecule has 0 radical (unpaired) electrons. The summed E-state index contributed by atoms with van der Waals surface area (Å²) in [6, 6.07) is 5.66. The second-order valence-corrected chi connectivity index (χ2v) is 8.82. The van der Waals surface area contributed by atoms with Crippen LogP contribution in [0.4, 0.5) is 0 Å². The van der Waals surface area contributed by atoms with Crippen LogP contribution in [0.15, 0.2) is 18.2 Å². The molecule has 2 atom stereocenters. The Morgan fingerprint density at radius 2 is 1.84 bits per heavy atom. The highest BCUT2D eigenvalue weighted by Gasteiger charge is 2.29. The van der Waals surface area contributed by atoms with Crippen molar-refractivity contribution in [2.75, 3.05) is 11.5 Å². The molecule has 1 aliphatic rings. The van der Waals surface area contributed by atoms with Crippen LogP contribution in [0.1, 0.15) is 30.9 Å². The average Bonchev–Trinajstić information content (AvgIpc) is 2.82. The zero-order valence-electron chi connectivity index (χ0n) is 14.7. The van der Waals surface area contributed by atoms with Crippen LogP contribution >= 0.6 is 0 Å². The Labute approximate surface area is 148 Å². The van der Waals surface area contributed by atoms with Crippen molar-refractivity contribution in [2.45, 2.75) is 39.7 Å². The molecule has 1 aromatic carbocycles. The maximum absolute atomic E-state index is 12.0. The lowest BCUT2D eigenvalue weighted by Crippen LogP contribution is -2.47. The number of amides is 2. The highest BCUT2D eigenvalue weighted by Crippen LogP contribution is 2.21. The number of carbonyl (C=O) groups excluding carboxylic acids is 2. The van der Waals surface area contributed by atoms with Crippen LogP contribution in [0.2, 0.25) is 0 Å². The Morgan fingerprint density at radius 3 is 2.40 bits per heavy atom. The smallest absolute Gasteiger partial charge is 0.279 e. The predicted octanol–water partition coefficient (Wildman–Crippen LogP) is 1.04. The van der Waals surface area contributed by atoms with E-state index in [-0.39, 0.29) is 23.8 Å². The van der Waals surface area contributed by atoms with Gasteiger partial charge in [0, 0.05) is 6.42 Å². The highest BCUT2D eigenvalue weighted by molar-refractivity contribution is 7.91. The summed E-state index contributed by atoms with van der Waals surface area (Å²) in [5.41, 5.74) is 6.69. The normalized spacial score (nSPS) is 19.9. The first-order valence-corrected chi connectivity index (χ1v) is 10.0. The summed E-state index contributed by atoms with van der Waals surface area (Å²) in [5, 5.41) is 0. The fourth-order valence-electron chi connectivity index (χ4n) is 2.84. The summed E-state index contributed by atoms with van der Waals surface area (Å²) in [4.78, 5) is 23.8. The molecule has 7 nitrogen and oxygen atoms in total. The lowest BCUT2D eigenvalue weighted by molar-refractivity contribution is -0.133. The molecule has 1 saturated heterocycles. The zero-order chi connectivity index (χ0) is 18.6. The molecule has 25 heavy (non-hydrogen) atoms. The lowest BCUT2D eigenvalue weighted by atomic mass is 10.1. The molecular formula is C17H24N2O5S. The lowest BCUT2D eigenvalue weighted by Gasteiger charge is -2.16. The van der Waals surface area contributed by atoms with Crippen LogP contribution in [-0.2, 0) is 19.4 Å².